The molecule has 0 spiro atoms. The molecule has 16 heavy (non-hydrogen) atoms. The van der Waals surface area contributed by atoms with E-state index in [2.05, 4.69) is 15.0 Å². The molecule has 0 radical (unpaired) electrons. The maximum Gasteiger partial charge on any atom is 0.293 e. The van der Waals surface area contributed by atoms with Gasteiger partial charge >= 0.3 is 0 Å². The van der Waals surface area contributed by atoms with Gasteiger partial charge in [0.15, 0.2) is 0 Å². The van der Waals surface area contributed by atoms with Gasteiger partial charge in [-0.15, -0.1) is 0 Å². The van der Waals surface area contributed by atoms with Crippen molar-refractivity contribution >= 4 is 12.2 Å². The van der Waals surface area contributed by atoms with Crippen molar-refractivity contribution in [1.29, 1.82) is 0 Å². The van der Waals surface area contributed by atoms with Crippen LogP contribution in [0.2, 0.25) is 0 Å². The fourth-order valence-electron chi connectivity index (χ4n) is 1.03. The molecule has 0 fully saturated rings. The van der Waals surface area contributed by atoms with Gasteiger partial charge in [0, 0.05) is 0 Å². The van der Waals surface area contributed by atoms with E-state index in [1.807, 2.05) is 6.92 Å². The summed E-state index contributed by atoms with van der Waals surface area (Å²) in [5, 5.41) is 8.00. The van der Waals surface area contributed by atoms with E-state index in [0.717, 1.165) is 11.4 Å². The van der Waals surface area contributed by atoms with Crippen LogP contribution in [-0.4, -0.2) is 26.2 Å². The first kappa shape index (κ1) is 12.2. The number of methoxy groups -OCH3 is 1. The summed E-state index contributed by atoms with van der Waals surface area (Å²) >= 11 is 0. The number of carbonyl (C=O) groups is 1. The van der Waals surface area contributed by atoms with Crippen LogP contribution in [0, 0.1) is 0 Å². The fourth-order valence-corrected chi connectivity index (χ4v) is 1.03. The van der Waals surface area contributed by atoms with Crippen LogP contribution in [0.15, 0.2) is 34.5 Å². The Morgan fingerprint density at radius 1 is 1.38 bits per heavy atom. The highest BCUT2D eigenvalue weighted by molar-refractivity contribution is 5.40. The first-order valence-electron chi connectivity index (χ1n) is 4.86. The highest BCUT2D eigenvalue weighted by Crippen LogP contribution is 2.18. The van der Waals surface area contributed by atoms with E-state index in [9.17, 15) is 4.79 Å². The number of hydrogen-bond donors (Lipinski definition) is 0. The molecule has 1 aromatic carbocycles. The van der Waals surface area contributed by atoms with E-state index in [4.69, 9.17) is 4.74 Å². The molecule has 1 rings (SSSR count). The van der Waals surface area contributed by atoms with Crippen LogP contribution in [0.4, 0.5) is 5.69 Å². The van der Waals surface area contributed by atoms with E-state index in [1.54, 1.807) is 31.4 Å². The predicted octanol–water partition coefficient (Wildman–Crippen LogP) is 2.34. The van der Waals surface area contributed by atoms with Gasteiger partial charge in [0.25, 0.3) is 6.47 Å². The first-order valence-corrected chi connectivity index (χ1v) is 4.86. The van der Waals surface area contributed by atoms with Gasteiger partial charge in [-0.05, 0) is 31.2 Å². The molecular formula is C11H14N2O3. The van der Waals surface area contributed by atoms with E-state index in [-0.39, 0.29) is 12.6 Å². The van der Waals surface area contributed by atoms with Crippen molar-refractivity contribution in [2.75, 3.05) is 13.7 Å². The largest absolute Gasteiger partial charge is 0.497 e. The Hall–Kier alpha value is -1.91. The average Bonchev–Trinajstić information content (AvgIpc) is 2.34. The summed E-state index contributed by atoms with van der Waals surface area (Å²) in [6, 6.07) is 7.07. The minimum absolute atomic E-state index is 0.146. The molecule has 0 amide bonds. The summed E-state index contributed by atoms with van der Waals surface area (Å²) in [7, 11) is 1.61. The Morgan fingerprint density at radius 2 is 2.06 bits per heavy atom. The molecule has 0 N–H and O–H groups in total. The van der Waals surface area contributed by atoms with Crippen molar-refractivity contribution in [2.45, 2.75) is 13.0 Å². The van der Waals surface area contributed by atoms with Gasteiger partial charge in [-0.25, -0.2) is 0 Å². The molecule has 1 atom stereocenters. The minimum Gasteiger partial charge on any atom is -0.497 e. The zero-order chi connectivity index (χ0) is 11.8. The standard InChI is InChI=1S/C11H14N2O3/c1-9(7-16-8-14)12-13-10-3-5-11(15-2)6-4-10/h3-6,8-9H,7H2,1-2H3. The van der Waals surface area contributed by atoms with Gasteiger partial charge in [-0.1, -0.05) is 0 Å². The maximum atomic E-state index is 9.95. The van der Waals surface area contributed by atoms with Gasteiger partial charge < -0.3 is 9.47 Å². The molecule has 0 heterocycles. The Kier molecular flexibility index (Phi) is 4.98. The second kappa shape index (κ2) is 6.55. The van der Waals surface area contributed by atoms with Crippen LogP contribution in [0.3, 0.4) is 0 Å². The third-order valence-corrected chi connectivity index (χ3v) is 1.85. The lowest BCUT2D eigenvalue weighted by molar-refractivity contribution is -0.129. The third kappa shape index (κ3) is 4.08. The van der Waals surface area contributed by atoms with Gasteiger partial charge in [-0.3, -0.25) is 4.79 Å². The molecule has 0 bridgehead atoms. The lowest BCUT2D eigenvalue weighted by Crippen LogP contribution is -2.06. The molecule has 5 nitrogen and oxygen atoms in total. The second-order valence-electron chi connectivity index (χ2n) is 3.19. The Bertz CT molecular complexity index is 349. The van der Waals surface area contributed by atoms with Gasteiger partial charge in [0.2, 0.25) is 0 Å². The monoisotopic (exact) mass is 222 g/mol. The van der Waals surface area contributed by atoms with Crippen LogP contribution in [0.1, 0.15) is 6.92 Å². The van der Waals surface area contributed by atoms with Gasteiger partial charge in [0.05, 0.1) is 12.8 Å². The van der Waals surface area contributed by atoms with Crippen molar-refractivity contribution in [3.8, 4) is 5.75 Å². The average molecular weight is 222 g/mol. The molecule has 0 aliphatic heterocycles. The van der Waals surface area contributed by atoms with Crippen molar-refractivity contribution in [3.63, 3.8) is 0 Å². The smallest absolute Gasteiger partial charge is 0.293 e. The number of azo groups is 1. The Labute approximate surface area is 94.1 Å². The van der Waals surface area contributed by atoms with E-state index >= 15 is 0 Å². The highest BCUT2D eigenvalue weighted by Gasteiger charge is 1.98. The topological polar surface area (TPSA) is 60.3 Å². The van der Waals surface area contributed by atoms with Crippen LogP contribution < -0.4 is 4.74 Å². The summed E-state index contributed by atoms with van der Waals surface area (Å²) in [5.74, 6) is 0.774. The molecule has 86 valence electrons. The SMILES string of the molecule is COc1ccc(N=NC(C)COC=O)cc1. The number of carbonyl (C=O) groups excluding carboxylic acids is 1. The summed E-state index contributed by atoms with van der Waals surface area (Å²) in [4.78, 5) is 9.95. The third-order valence-electron chi connectivity index (χ3n) is 1.85. The van der Waals surface area contributed by atoms with Crippen LogP contribution >= 0.6 is 0 Å². The molecule has 0 saturated carbocycles. The lowest BCUT2D eigenvalue weighted by Gasteiger charge is -2.02. The molecule has 5 heteroatoms. The molecule has 1 aromatic rings. The molecule has 0 aliphatic carbocycles. The molecule has 0 aromatic heterocycles. The van der Waals surface area contributed by atoms with E-state index in [0.29, 0.717) is 6.47 Å². The number of hydrogen-bond acceptors (Lipinski definition) is 5. The normalized spacial score (nSPS) is 12.4. The second-order valence-corrected chi connectivity index (χ2v) is 3.19. The first-order chi connectivity index (χ1) is 7.76. The Morgan fingerprint density at radius 3 is 2.62 bits per heavy atom. The number of nitrogens with zero attached hydrogens (tertiary/aromatic N) is 2. The number of benzene rings is 1. The van der Waals surface area contributed by atoms with Crippen molar-refractivity contribution < 1.29 is 14.3 Å². The van der Waals surface area contributed by atoms with Crippen LogP contribution in [0.5, 0.6) is 5.75 Å². The van der Waals surface area contributed by atoms with E-state index < -0.39 is 0 Å². The summed E-state index contributed by atoms with van der Waals surface area (Å²) < 4.78 is 9.58. The molecule has 0 aliphatic rings. The molecule has 1 unspecified atom stereocenters. The van der Waals surface area contributed by atoms with Gasteiger partial charge in [0.1, 0.15) is 18.4 Å². The zero-order valence-corrected chi connectivity index (χ0v) is 9.29. The Balaban J connectivity index is 2.51. The number of ether oxygens (including phenoxy) is 2. The van der Waals surface area contributed by atoms with Crippen molar-refractivity contribution in [3.05, 3.63) is 24.3 Å². The summed E-state index contributed by atoms with van der Waals surface area (Å²) in [6.45, 7) is 2.46. The van der Waals surface area contributed by atoms with Gasteiger partial charge in [-0.2, -0.15) is 10.2 Å². The lowest BCUT2D eigenvalue weighted by atomic mass is 10.3. The predicted molar refractivity (Wildman–Crippen MR) is 59.0 cm³/mol. The highest BCUT2D eigenvalue weighted by atomic mass is 16.5. The maximum absolute atomic E-state index is 9.95. The zero-order valence-electron chi connectivity index (χ0n) is 9.29. The van der Waals surface area contributed by atoms with Crippen LogP contribution in [-0.2, 0) is 9.53 Å². The van der Waals surface area contributed by atoms with Crippen LogP contribution in [0.25, 0.3) is 0 Å². The number of rotatable bonds is 6. The molecule has 0 saturated heterocycles. The molecular weight excluding hydrogens is 208 g/mol. The van der Waals surface area contributed by atoms with E-state index in [1.165, 1.54) is 0 Å². The van der Waals surface area contributed by atoms with Crippen molar-refractivity contribution in [2.24, 2.45) is 10.2 Å². The quantitative estimate of drug-likeness (QED) is 0.548. The summed E-state index contributed by atoms with van der Waals surface area (Å²) in [5.41, 5.74) is 0.735. The summed E-state index contributed by atoms with van der Waals surface area (Å²) in [6.07, 6.45) is 0. The van der Waals surface area contributed by atoms with Crippen molar-refractivity contribution in [1.82, 2.24) is 0 Å². The fraction of sp³-hybridized carbons (Fsp3) is 0.364. The minimum atomic E-state index is -0.146.